The molecule has 3 heteroatoms. The van der Waals surface area contributed by atoms with Gasteiger partial charge in [-0.1, -0.05) is 13.8 Å². The van der Waals surface area contributed by atoms with Gasteiger partial charge in [-0.3, -0.25) is 0 Å². The van der Waals surface area contributed by atoms with Gasteiger partial charge in [-0.25, -0.2) is 0 Å². The molecular formula is C11H23N3. The third-order valence-electron chi connectivity index (χ3n) is 2.28. The smallest absolute Gasteiger partial charge is 0.0666 e. The largest absolute Gasteiger partial charge is 0.317 e. The predicted molar refractivity (Wildman–Crippen MR) is 60.1 cm³/mol. The Balaban J connectivity index is 3.54. The molecule has 0 aromatic rings. The van der Waals surface area contributed by atoms with E-state index in [-0.39, 0.29) is 5.92 Å². The van der Waals surface area contributed by atoms with Crippen LogP contribution in [0.25, 0.3) is 0 Å². The zero-order chi connectivity index (χ0) is 10.8. The molecule has 0 fully saturated rings. The lowest BCUT2D eigenvalue weighted by atomic mass is 10.2. The van der Waals surface area contributed by atoms with Crippen molar-refractivity contribution in [1.82, 2.24) is 10.2 Å². The van der Waals surface area contributed by atoms with Crippen molar-refractivity contribution in [3.05, 3.63) is 0 Å². The van der Waals surface area contributed by atoms with Crippen molar-refractivity contribution < 1.29 is 0 Å². The molecular weight excluding hydrogens is 174 g/mol. The molecule has 0 spiro atoms. The van der Waals surface area contributed by atoms with Crippen molar-refractivity contribution in [1.29, 1.82) is 5.26 Å². The van der Waals surface area contributed by atoms with Gasteiger partial charge in [0.2, 0.25) is 0 Å². The maximum Gasteiger partial charge on any atom is 0.0666 e. The van der Waals surface area contributed by atoms with Crippen LogP contribution >= 0.6 is 0 Å². The van der Waals surface area contributed by atoms with Gasteiger partial charge < -0.3 is 10.2 Å². The van der Waals surface area contributed by atoms with Gasteiger partial charge in [0.05, 0.1) is 12.0 Å². The van der Waals surface area contributed by atoms with Crippen molar-refractivity contribution in [2.45, 2.75) is 27.2 Å². The van der Waals surface area contributed by atoms with Crippen LogP contribution in [0.5, 0.6) is 0 Å². The predicted octanol–water partition coefficient (Wildman–Crippen LogP) is 1.47. The monoisotopic (exact) mass is 197 g/mol. The molecule has 0 heterocycles. The summed E-state index contributed by atoms with van der Waals surface area (Å²) in [6.45, 7) is 11.4. The van der Waals surface area contributed by atoms with Gasteiger partial charge in [-0.05, 0) is 39.5 Å². The highest BCUT2D eigenvalue weighted by molar-refractivity contribution is 4.81. The molecule has 0 aromatic heterocycles. The number of nitrogens with zero attached hydrogens (tertiary/aromatic N) is 2. The number of nitrogens with one attached hydrogen (secondary N) is 1. The zero-order valence-corrected chi connectivity index (χ0v) is 9.71. The fraction of sp³-hybridized carbons (Fsp3) is 0.909. The molecule has 0 rings (SSSR count). The van der Waals surface area contributed by atoms with Gasteiger partial charge in [0.1, 0.15) is 0 Å². The molecule has 0 saturated heterocycles. The van der Waals surface area contributed by atoms with E-state index in [0.717, 1.165) is 32.7 Å². The summed E-state index contributed by atoms with van der Waals surface area (Å²) in [7, 11) is 0. The standard InChI is InChI=1S/C11H23N3/c1-4-13-7-6-8-14(5-2)10-11(3)9-12/h11,13H,4-8,10H2,1-3H3. The minimum atomic E-state index is 0.147. The Bertz CT molecular complexity index is 162. The third-order valence-corrected chi connectivity index (χ3v) is 2.28. The Hall–Kier alpha value is -0.590. The second-order valence-electron chi connectivity index (χ2n) is 3.63. The van der Waals surface area contributed by atoms with Crippen LogP contribution in [-0.2, 0) is 0 Å². The Labute approximate surface area is 88.1 Å². The van der Waals surface area contributed by atoms with E-state index in [9.17, 15) is 0 Å². The average molecular weight is 197 g/mol. The first-order chi connectivity index (χ1) is 6.74. The van der Waals surface area contributed by atoms with E-state index >= 15 is 0 Å². The Kier molecular flexibility index (Phi) is 8.61. The van der Waals surface area contributed by atoms with E-state index in [2.05, 4.69) is 30.1 Å². The normalized spacial score (nSPS) is 12.8. The van der Waals surface area contributed by atoms with Crippen LogP contribution in [0.15, 0.2) is 0 Å². The van der Waals surface area contributed by atoms with Gasteiger partial charge in [-0.2, -0.15) is 5.26 Å². The molecule has 0 aliphatic carbocycles. The van der Waals surface area contributed by atoms with Crippen LogP contribution < -0.4 is 5.32 Å². The first-order valence-corrected chi connectivity index (χ1v) is 5.57. The molecule has 1 unspecified atom stereocenters. The number of nitriles is 1. The van der Waals surface area contributed by atoms with E-state index in [1.807, 2.05) is 6.92 Å². The van der Waals surface area contributed by atoms with E-state index in [4.69, 9.17) is 5.26 Å². The second kappa shape index (κ2) is 8.98. The van der Waals surface area contributed by atoms with Crippen LogP contribution in [0, 0.1) is 17.2 Å². The summed E-state index contributed by atoms with van der Waals surface area (Å²) in [5.74, 6) is 0.147. The van der Waals surface area contributed by atoms with Crippen molar-refractivity contribution in [3.63, 3.8) is 0 Å². The minimum absolute atomic E-state index is 0.147. The summed E-state index contributed by atoms with van der Waals surface area (Å²) in [6.07, 6.45) is 1.17. The van der Waals surface area contributed by atoms with Crippen molar-refractivity contribution in [2.24, 2.45) is 5.92 Å². The number of hydrogen-bond donors (Lipinski definition) is 1. The Morgan fingerprint density at radius 2 is 2.14 bits per heavy atom. The maximum absolute atomic E-state index is 8.70. The van der Waals surface area contributed by atoms with Crippen molar-refractivity contribution >= 4 is 0 Å². The van der Waals surface area contributed by atoms with Gasteiger partial charge in [0, 0.05) is 6.54 Å². The summed E-state index contributed by atoms with van der Waals surface area (Å²) < 4.78 is 0. The lowest BCUT2D eigenvalue weighted by Crippen LogP contribution is -2.31. The van der Waals surface area contributed by atoms with Gasteiger partial charge in [0.25, 0.3) is 0 Å². The van der Waals surface area contributed by atoms with E-state index in [1.165, 1.54) is 6.42 Å². The third kappa shape index (κ3) is 6.88. The minimum Gasteiger partial charge on any atom is -0.317 e. The molecule has 3 nitrogen and oxygen atoms in total. The molecule has 0 bridgehead atoms. The fourth-order valence-electron chi connectivity index (χ4n) is 1.41. The molecule has 0 aliphatic rings. The highest BCUT2D eigenvalue weighted by Crippen LogP contribution is 1.98. The number of hydrogen-bond acceptors (Lipinski definition) is 3. The van der Waals surface area contributed by atoms with Crippen LogP contribution in [0.2, 0.25) is 0 Å². The molecule has 0 aromatic carbocycles. The quantitative estimate of drug-likeness (QED) is 0.599. The lowest BCUT2D eigenvalue weighted by molar-refractivity contribution is 0.264. The molecule has 14 heavy (non-hydrogen) atoms. The average Bonchev–Trinajstić information content (AvgIpc) is 2.22. The first-order valence-electron chi connectivity index (χ1n) is 5.57. The lowest BCUT2D eigenvalue weighted by Gasteiger charge is -2.21. The molecule has 82 valence electrons. The molecule has 0 saturated carbocycles. The summed E-state index contributed by atoms with van der Waals surface area (Å²) in [6, 6.07) is 2.27. The Morgan fingerprint density at radius 1 is 1.43 bits per heavy atom. The molecule has 0 amide bonds. The van der Waals surface area contributed by atoms with Gasteiger partial charge in [0.15, 0.2) is 0 Å². The highest BCUT2D eigenvalue weighted by Gasteiger charge is 2.06. The van der Waals surface area contributed by atoms with Crippen LogP contribution in [0.3, 0.4) is 0 Å². The first kappa shape index (κ1) is 13.4. The van der Waals surface area contributed by atoms with Crippen LogP contribution in [0.1, 0.15) is 27.2 Å². The van der Waals surface area contributed by atoms with Crippen LogP contribution in [0.4, 0.5) is 0 Å². The molecule has 0 aliphatic heterocycles. The molecule has 0 radical (unpaired) electrons. The number of rotatable bonds is 8. The fourth-order valence-corrected chi connectivity index (χ4v) is 1.41. The summed E-state index contributed by atoms with van der Waals surface area (Å²) in [5.41, 5.74) is 0. The van der Waals surface area contributed by atoms with Crippen molar-refractivity contribution in [3.8, 4) is 6.07 Å². The Morgan fingerprint density at radius 3 is 2.64 bits per heavy atom. The zero-order valence-electron chi connectivity index (χ0n) is 9.71. The van der Waals surface area contributed by atoms with E-state index in [1.54, 1.807) is 0 Å². The topological polar surface area (TPSA) is 39.1 Å². The summed E-state index contributed by atoms with van der Waals surface area (Å²) >= 11 is 0. The van der Waals surface area contributed by atoms with Crippen LogP contribution in [-0.4, -0.2) is 37.6 Å². The van der Waals surface area contributed by atoms with Gasteiger partial charge >= 0.3 is 0 Å². The van der Waals surface area contributed by atoms with Gasteiger partial charge in [-0.15, -0.1) is 0 Å². The van der Waals surface area contributed by atoms with E-state index in [0.29, 0.717) is 0 Å². The summed E-state index contributed by atoms with van der Waals surface area (Å²) in [5, 5.41) is 12.0. The van der Waals surface area contributed by atoms with Crippen molar-refractivity contribution in [2.75, 3.05) is 32.7 Å². The highest BCUT2D eigenvalue weighted by atomic mass is 15.1. The maximum atomic E-state index is 8.70. The summed E-state index contributed by atoms with van der Waals surface area (Å²) in [4.78, 5) is 2.34. The second-order valence-corrected chi connectivity index (χ2v) is 3.63. The molecule has 1 N–H and O–H groups in total. The SMILES string of the molecule is CCNCCCN(CC)CC(C)C#N. The van der Waals surface area contributed by atoms with E-state index < -0.39 is 0 Å². The molecule has 1 atom stereocenters.